The number of benzene rings is 1. The molecular formula is C12H14BrN3. The van der Waals surface area contributed by atoms with Gasteiger partial charge in [0.15, 0.2) is 11.6 Å². The van der Waals surface area contributed by atoms with Crippen LogP contribution >= 0.6 is 15.9 Å². The van der Waals surface area contributed by atoms with E-state index >= 15 is 0 Å². The van der Waals surface area contributed by atoms with E-state index in [2.05, 4.69) is 39.9 Å². The molecule has 0 unspecified atom stereocenters. The van der Waals surface area contributed by atoms with Crippen LogP contribution in [0.1, 0.15) is 25.6 Å². The lowest BCUT2D eigenvalue weighted by molar-refractivity contribution is 0.712. The van der Waals surface area contributed by atoms with Crippen molar-refractivity contribution in [3.05, 3.63) is 34.6 Å². The maximum Gasteiger partial charge on any atom is 0.159 e. The van der Waals surface area contributed by atoms with E-state index in [0.29, 0.717) is 5.92 Å². The highest BCUT2D eigenvalue weighted by atomic mass is 79.9. The fourth-order valence-corrected chi connectivity index (χ4v) is 1.99. The van der Waals surface area contributed by atoms with Gasteiger partial charge in [0.05, 0.1) is 0 Å². The molecule has 0 N–H and O–H groups in total. The second kappa shape index (κ2) is 4.37. The fourth-order valence-electron chi connectivity index (χ4n) is 1.53. The first-order valence-corrected chi connectivity index (χ1v) is 6.04. The minimum Gasteiger partial charge on any atom is -0.249 e. The summed E-state index contributed by atoms with van der Waals surface area (Å²) in [7, 11) is 1.92. The Hall–Kier alpha value is -1.16. The molecule has 0 aliphatic rings. The third-order valence-corrected chi connectivity index (χ3v) is 3.10. The highest BCUT2D eigenvalue weighted by Crippen LogP contribution is 2.26. The Bertz CT molecular complexity index is 503. The Balaban J connectivity index is 2.52. The Morgan fingerprint density at radius 3 is 2.50 bits per heavy atom. The summed E-state index contributed by atoms with van der Waals surface area (Å²) in [5, 5.41) is 4.41. The van der Waals surface area contributed by atoms with Crippen LogP contribution in [0.2, 0.25) is 0 Å². The van der Waals surface area contributed by atoms with Gasteiger partial charge in [-0.25, -0.2) is 9.67 Å². The molecule has 84 valence electrons. The standard InChI is InChI=1S/C12H14BrN3/c1-8(2)11-14-12(16(3)15-11)9-6-4-5-7-10(9)13/h4-8H,1-3H3. The van der Waals surface area contributed by atoms with E-state index in [0.717, 1.165) is 21.7 Å². The minimum atomic E-state index is 0.349. The molecule has 0 fully saturated rings. The van der Waals surface area contributed by atoms with Crippen molar-refractivity contribution in [1.82, 2.24) is 14.8 Å². The van der Waals surface area contributed by atoms with Crippen molar-refractivity contribution in [3.63, 3.8) is 0 Å². The fraction of sp³-hybridized carbons (Fsp3) is 0.333. The van der Waals surface area contributed by atoms with E-state index in [4.69, 9.17) is 0 Å². The number of hydrogen-bond donors (Lipinski definition) is 0. The smallest absolute Gasteiger partial charge is 0.159 e. The average molecular weight is 280 g/mol. The van der Waals surface area contributed by atoms with Gasteiger partial charge in [0.1, 0.15) is 0 Å². The van der Waals surface area contributed by atoms with Crippen LogP contribution in [-0.2, 0) is 7.05 Å². The Morgan fingerprint density at radius 2 is 1.94 bits per heavy atom. The lowest BCUT2D eigenvalue weighted by Crippen LogP contribution is -1.95. The van der Waals surface area contributed by atoms with E-state index in [-0.39, 0.29) is 0 Å². The normalized spacial score (nSPS) is 11.1. The van der Waals surface area contributed by atoms with Crippen LogP contribution in [0.25, 0.3) is 11.4 Å². The van der Waals surface area contributed by atoms with Crippen LogP contribution < -0.4 is 0 Å². The zero-order valence-corrected chi connectivity index (χ0v) is 11.2. The molecule has 1 aromatic heterocycles. The van der Waals surface area contributed by atoms with Crippen molar-refractivity contribution >= 4 is 15.9 Å². The van der Waals surface area contributed by atoms with Gasteiger partial charge in [0.25, 0.3) is 0 Å². The quantitative estimate of drug-likeness (QED) is 0.844. The van der Waals surface area contributed by atoms with Gasteiger partial charge in [-0.2, -0.15) is 5.10 Å². The van der Waals surface area contributed by atoms with Gasteiger partial charge < -0.3 is 0 Å². The monoisotopic (exact) mass is 279 g/mol. The molecule has 0 atom stereocenters. The topological polar surface area (TPSA) is 30.7 Å². The van der Waals surface area contributed by atoms with Crippen LogP contribution in [0.4, 0.5) is 0 Å². The number of nitrogens with zero attached hydrogens (tertiary/aromatic N) is 3. The number of aryl methyl sites for hydroxylation is 1. The Labute approximate surface area is 104 Å². The Morgan fingerprint density at radius 1 is 1.25 bits per heavy atom. The van der Waals surface area contributed by atoms with Crippen molar-refractivity contribution in [2.75, 3.05) is 0 Å². The van der Waals surface area contributed by atoms with Crippen LogP contribution in [0.15, 0.2) is 28.7 Å². The first-order valence-electron chi connectivity index (χ1n) is 5.25. The summed E-state index contributed by atoms with van der Waals surface area (Å²) in [5.41, 5.74) is 1.07. The van der Waals surface area contributed by atoms with Crippen molar-refractivity contribution in [3.8, 4) is 11.4 Å². The molecule has 0 bridgehead atoms. The summed E-state index contributed by atoms with van der Waals surface area (Å²) in [4.78, 5) is 4.56. The summed E-state index contributed by atoms with van der Waals surface area (Å²) < 4.78 is 2.87. The molecule has 0 saturated carbocycles. The molecule has 1 heterocycles. The molecule has 2 aromatic rings. The molecule has 3 nitrogen and oxygen atoms in total. The number of aromatic nitrogens is 3. The molecule has 2 rings (SSSR count). The zero-order chi connectivity index (χ0) is 11.7. The summed E-state index contributed by atoms with van der Waals surface area (Å²) in [6, 6.07) is 8.05. The number of halogens is 1. The second-order valence-corrected chi connectivity index (χ2v) is 4.91. The molecule has 0 spiro atoms. The lowest BCUT2D eigenvalue weighted by atomic mass is 10.2. The van der Waals surface area contributed by atoms with E-state index in [1.165, 1.54) is 0 Å². The van der Waals surface area contributed by atoms with E-state index in [1.807, 2.05) is 36.0 Å². The third-order valence-electron chi connectivity index (χ3n) is 2.41. The van der Waals surface area contributed by atoms with Crippen LogP contribution in [0.5, 0.6) is 0 Å². The zero-order valence-electron chi connectivity index (χ0n) is 9.61. The van der Waals surface area contributed by atoms with Crippen molar-refractivity contribution in [2.45, 2.75) is 19.8 Å². The van der Waals surface area contributed by atoms with Crippen LogP contribution in [0.3, 0.4) is 0 Å². The molecule has 0 aliphatic carbocycles. The first kappa shape index (κ1) is 11.3. The average Bonchev–Trinajstić information content (AvgIpc) is 2.61. The van der Waals surface area contributed by atoms with Gasteiger partial charge in [-0.15, -0.1) is 0 Å². The molecule has 1 aromatic carbocycles. The highest BCUT2D eigenvalue weighted by Gasteiger charge is 2.13. The Kier molecular flexibility index (Phi) is 3.10. The first-order chi connectivity index (χ1) is 7.59. The molecular weight excluding hydrogens is 266 g/mol. The molecule has 0 saturated heterocycles. The molecule has 0 radical (unpaired) electrons. The van der Waals surface area contributed by atoms with Gasteiger partial charge >= 0.3 is 0 Å². The largest absolute Gasteiger partial charge is 0.249 e. The van der Waals surface area contributed by atoms with Crippen LogP contribution in [-0.4, -0.2) is 14.8 Å². The van der Waals surface area contributed by atoms with Gasteiger partial charge in [-0.1, -0.05) is 48.0 Å². The van der Waals surface area contributed by atoms with Crippen LogP contribution in [0, 0.1) is 0 Å². The highest BCUT2D eigenvalue weighted by molar-refractivity contribution is 9.10. The minimum absolute atomic E-state index is 0.349. The maximum atomic E-state index is 4.56. The van der Waals surface area contributed by atoms with Gasteiger partial charge in [-0.05, 0) is 6.07 Å². The lowest BCUT2D eigenvalue weighted by Gasteiger charge is -2.01. The number of rotatable bonds is 2. The molecule has 16 heavy (non-hydrogen) atoms. The summed E-state index contributed by atoms with van der Waals surface area (Å²) in [5.74, 6) is 2.13. The summed E-state index contributed by atoms with van der Waals surface area (Å²) in [6.07, 6.45) is 0. The predicted molar refractivity (Wildman–Crippen MR) is 68.2 cm³/mol. The molecule has 4 heteroatoms. The van der Waals surface area contributed by atoms with E-state index in [9.17, 15) is 0 Å². The summed E-state index contributed by atoms with van der Waals surface area (Å²) >= 11 is 3.53. The van der Waals surface area contributed by atoms with Gasteiger partial charge in [-0.3, -0.25) is 0 Å². The molecule has 0 amide bonds. The van der Waals surface area contributed by atoms with E-state index < -0.39 is 0 Å². The van der Waals surface area contributed by atoms with Crippen molar-refractivity contribution in [2.24, 2.45) is 7.05 Å². The van der Waals surface area contributed by atoms with Gasteiger partial charge in [0, 0.05) is 23.0 Å². The maximum absolute atomic E-state index is 4.56. The molecule has 0 aliphatic heterocycles. The van der Waals surface area contributed by atoms with Crippen molar-refractivity contribution < 1.29 is 0 Å². The second-order valence-electron chi connectivity index (χ2n) is 4.05. The van der Waals surface area contributed by atoms with E-state index in [1.54, 1.807) is 0 Å². The van der Waals surface area contributed by atoms with Crippen molar-refractivity contribution in [1.29, 1.82) is 0 Å². The SMILES string of the molecule is CC(C)c1nc(-c2ccccc2Br)n(C)n1. The summed E-state index contributed by atoms with van der Waals surface area (Å²) in [6.45, 7) is 4.19. The predicted octanol–water partition coefficient (Wildman–Crippen LogP) is 3.37. The number of hydrogen-bond acceptors (Lipinski definition) is 2. The third kappa shape index (κ3) is 2.02. The van der Waals surface area contributed by atoms with Gasteiger partial charge in [0.2, 0.25) is 0 Å².